The van der Waals surface area contributed by atoms with E-state index in [1.54, 1.807) is 18.5 Å². The molecular weight excluding hydrogens is 521 g/mol. The van der Waals surface area contributed by atoms with Crippen molar-refractivity contribution in [3.63, 3.8) is 0 Å². The van der Waals surface area contributed by atoms with Crippen molar-refractivity contribution in [1.29, 1.82) is 0 Å². The number of carbonyl (C=O) groups is 1. The number of aliphatic hydroxyl groups excluding tert-OH is 1. The van der Waals surface area contributed by atoms with Gasteiger partial charge in [0.05, 0.1) is 0 Å². The topological polar surface area (TPSA) is 106 Å². The Morgan fingerprint density at radius 2 is 1.88 bits per heavy atom. The van der Waals surface area contributed by atoms with Crippen molar-refractivity contribution in [3.05, 3.63) is 18.5 Å². The van der Waals surface area contributed by atoms with E-state index in [0.717, 1.165) is 44.4 Å². The van der Waals surface area contributed by atoms with Crippen molar-refractivity contribution < 1.29 is 9.90 Å². The summed E-state index contributed by atoms with van der Waals surface area (Å²) in [5.74, 6) is 2.54. The number of rotatable bonds is 11. The van der Waals surface area contributed by atoms with Gasteiger partial charge in [0.2, 0.25) is 11.9 Å². The van der Waals surface area contributed by atoms with E-state index in [9.17, 15) is 9.90 Å². The summed E-state index contributed by atoms with van der Waals surface area (Å²) in [5.41, 5.74) is 0. The summed E-state index contributed by atoms with van der Waals surface area (Å²) < 4.78 is 0. The predicted octanol–water partition coefficient (Wildman–Crippen LogP) is 1.73. The number of hydrogen-bond donors (Lipinski definition) is 3. The fourth-order valence-electron chi connectivity index (χ4n) is 3.75. The number of nitrogens with one attached hydrogen (secondary N) is 2. The monoisotopic (exact) mass is 561 g/mol. The van der Waals surface area contributed by atoms with E-state index in [0.29, 0.717) is 44.4 Å². The van der Waals surface area contributed by atoms with Crippen LogP contribution in [0.3, 0.4) is 0 Å². The van der Waals surface area contributed by atoms with Gasteiger partial charge in [-0.25, -0.2) is 9.97 Å². The largest absolute Gasteiger partial charge is 0.396 e. The average Bonchev–Trinajstić information content (AvgIpc) is 2.77. The molecule has 32 heavy (non-hydrogen) atoms. The normalized spacial score (nSPS) is 15.3. The molecule has 0 bridgehead atoms. The number of aliphatic imine (C=N–C) groups is 1. The summed E-state index contributed by atoms with van der Waals surface area (Å²) in [4.78, 5) is 29.9. The molecule has 3 N–H and O–H groups in total. The van der Waals surface area contributed by atoms with Crippen molar-refractivity contribution in [2.75, 3.05) is 57.3 Å². The maximum atomic E-state index is 12.6. The summed E-state index contributed by atoms with van der Waals surface area (Å²) in [6, 6.07) is 1.80. The minimum atomic E-state index is 0. The second-order valence-electron chi connectivity index (χ2n) is 8.32. The van der Waals surface area contributed by atoms with E-state index >= 15 is 0 Å². The van der Waals surface area contributed by atoms with E-state index in [4.69, 9.17) is 0 Å². The fraction of sp³-hybridized carbons (Fsp3) is 0.727. The summed E-state index contributed by atoms with van der Waals surface area (Å²) in [6.45, 7) is 11.4. The van der Waals surface area contributed by atoms with Gasteiger partial charge in [0.25, 0.3) is 0 Å². The first-order valence-corrected chi connectivity index (χ1v) is 11.5. The van der Waals surface area contributed by atoms with Crippen LogP contribution in [0.4, 0.5) is 5.95 Å². The molecular formula is C22H40IN7O2. The Hall–Kier alpha value is -1.69. The highest BCUT2D eigenvalue weighted by atomic mass is 127. The molecule has 182 valence electrons. The Bertz CT molecular complexity index is 668. The van der Waals surface area contributed by atoms with Crippen molar-refractivity contribution in [2.45, 2.75) is 40.0 Å². The van der Waals surface area contributed by atoms with E-state index < -0.39 is 0 Å². The smallest absolute Gasteiger partial charge is 0.225 e. The number of hydrogen-bond acceptors (Lipinski definition) is 6. The highest BCUT2D eigenvalue weighted by molar-refractivity contribution is 14.0. The Labute approximate surface area is 209 Å². The number of nitrogens with zero attached hydrogens (tertiary/aromatic N) is 5. The molecule has 1 aromatic heterocycles. The molecule has 1 fully saturated rings. The number of aliphatic hydroxyl groups is 1. The molecule has 2 rings (SSSR count). The van der Waals surface area contributed by atoms with Gasteiger partial charge in [-0.1, -0.05) is 13.8 Å². The molecule has 1 saturated heterocycles. The third kappa shape index (κ3) is 10.3. The van der Waals surface area contributed by atoms with Gasteiger partial charge in [0.1, 0.15) is 0 Å². The van der Waals surface area contributed by atoms with Crippen LogP contribution in [0.2, 0.25) is 0 Å². The van der Waals surface area contributed by atoms with Crippen molar-refractivity contribution in [1.82, 2.24) is 25.5 Å². The Balaban J connectivity index is 0.00000512. The molecule has 0 radical (unpaired) electrons. The third-order valence-electron chi connectivity index (χ3n) is 5.29. The number of amides is 1. The van der Waals surface area contributed by atoms with Crippen LogP contribution in [-0.4, -0.2) is 84.3 Å². The van der Waals surface area contributed by atoms with Gasteiger partial charge in [-0.15, -0.1) is 24.0 Å². The lowest BCUT2D eigenvalue weighted by Crippen LogP contribution is -2.50. The van der Waals surface area contributed by atoms with Gasteiger partial charge in [-0.2, -0.15) is 0 Å². The van der Waals surface area contributed by atoms with Crippen molar-refractivity contribution in [3.8, 4) is 0 Å². The van der Waals surface area contributed by atoms with Gasteiger partial charge in [0, 0.05) is 71.2 Å². The van der Waals surface area contributed by atoms with Gasteiger partial charge < -0.3 is 25.5 Å². The molecule has 9 nitrogen and oxygen atoms in total. The average molecular weight is 562 g/mol. The molecule has 1 aromatic rings. The molecule has 1 aliphatic heterocycles. The number of guanidine groups is 1. The van der Waals surface area contributed by atoms with Crippen molar-refractivity contribution in [2.24, 2.45) is 16.8 Å². The number of anilines is 1. The molecule has 2 heterocycles. The third-order valence-corrected chi connectivity index (χ3v) is 5.29. The minimum Gasteiger partial charge on any atom is -0.396 e. The molecule has 0 aromatic carbocycles. The zero-order valence-corrected chi connectivity index (χ0v) is 22.0. The molecule has 0 saturated carbocycles. The molecule has 1 atom stereocenters. The first-order chi connectivity index (χ1) is 15.0. The molecule has 1 unspecified atom stereocenters. The Morgan fingerprint density at radius 1 is 1.19 bits per heavy atom. The first kappa shape index (κ1) is 28.3. The van der Waals surface area contributed by atoms with Gasteiger partial charge in [-0.3, -0.25) is 9.79 Å². The summed E-state index contributed by atoms with van der Waals surface area (Å²) >= 11 is 0. The first-order valence-electron chi connectivity index (χ1n) is 11.5. The molecule has 0 spiro atoms. The van der Waals surface area contributed by atoms with E-state index in [2.05, 4.69) is 44.3 Å². The lowest BCUT2D eigenvalue weighted by atomic mass is 9.94. The number of aromatic nitrogens is 2. The highest BCUT2D eigenvalue weighted by Gasteiger charge is 2.22. The lowest BCUT2D eigenvalue weighted by molar-refractivity contribution is -0.131. The summed E-state index contributed by atoms with van der Waals surface area (Å²) in [5, 5.41) is 15.8. The van der Waals surface area contributed by atoms with E-state index in [1.165, 1.54) is 0 Å². The van der Waals surface area contributed by atoms with Gasteiger partial charge >= 0.3 is 0 Å². The summed E-state index contributed by atoms with van der Waals surface area (Å²) in [7, 11) is 0. The van der Waals surface area contributed by atoms with Crippen LogP contribution in [0, 0.1) is 11.8 Å². The fourth-order valence-corrected chi connectivity index (χ4v) is 3.75. The Kier molecular flexibility index (Phi) is 14.2. The lowest BCUT2D eigenvalue weighted by Gasteiger charge is -2.34. The maximum Gasteiger partial charge on any atom is 0.225 e. The molecule has 10 heteroatoms. The van der Waals surface area contributed by atoms with Gasteiger partial charge in [0.15, 0.2) is 5.96 Å². The van der Waals surface area contributed by atoms with Crippen molar-refractivity contribution >= 4 is 41.8 Å². The van der Waals surface area contributed by atoms with Crippen LogP contribution in [0.15, 0.2) is 23.5 Å². The predicted molar refractivity (Wildman–Crippen MR) is 139 cm³/mol. The van der Waals surface area contributed by atoms with Gasteiger partial charge in [-0.05, 0) is 37.7 Å². The number of carbonyl (C=O) groups excluding carboxylic acids is 1. The van der Waals surface area contributed by atoms with Crippen LogP contribution in [0.1, 0.15) is 40.0 Å². The number of piperazine rings is 1. The maximum absolute atomic E-state index is 12.6. The SMILES string of the molecule is CCNC(=NCC(CCO)CC(C)C)NCCC(=O)N1CCN(c2ncccn2)CC1.I. The van der Waals surface area contributed by atoms with Crippen LogP contribution in [0.5, 0.6) is 0 Å². The van der Waals surface area contributed by atoms with Crippen LogP contribution >= 0.6 is 24.0 Å². The zero-order chi connectivity index (χ0) is 22.5. The van der Waals surface area contributed by atoms with Crippen LogP contribution in [-0.2, 0) is 4.79 Å². The minimum absolute atomic E-state index is 0. The highest BCUT2D eigenvalue weighted by Crippen LogP contribution is 2.15. The second kappa shape index (κ2) is 16.0. The van der Waals surface area contributed by atoms with Crippen LogP contribution < -0.4 is 15.5 Å². The zero-order valence-electron chi connectivity index (χ0n) is 19.7. The number of halogens is 1. The quantitative estimate of drug-likeness (QED) is 0.215. The van der Waals surface area contributed by atoms with E-state index in [-0.39, 0.29) is 36.5 Å². The molecule has 1 aliphatic rings. The van der Waals surface area contributed by atoms with E-state index in [1.807, 2.05) is 11.8 Å². The summed E-state index contributed by atoms with van der Waals surface area (Å²) in [6.07, 6.45) is 5.72. The molecule has 0 aliphatic carbocycles. The van der Waals surface area contributed by atoms with Crippen LogP contribution in [0.25, 0.3) is 0 Å². The second-order valence-corrected chi connectivity index (χ2v) is 8.32. The molecule has 1 amide bonds. The Morgan fingerprint density at radius 3 is 2.47 bits per heavy atom. The standard InChI is InChI=1S/C22H39N7O2.HI/c1-4-23-21(27-17-19(7-15-30)16-18(2)3)24-10-6-20(31)28-11-13-29(14-12-28)22-25-8-5-9-26-22;/h5,8-9,18-19,30H,4,6-7,10-17H2,1-3H3,(H2,23,24,27);1H.